The van der Waals surface area contributed by atoms with Crippen LogP contribution >= 0.6 is 0 Å². The second-order valence-electron chi connectivity index (χ2n) is 5.62. The Morgan fingerprint density at radius 3 is 2.71 bits per heavy atom. The van der Waals surface area contributed by atoms with Crippen LogP contribution in [-0.4, -0.2) is 37.1 Å². The van der Waals surface area contributed by atoms with Crippen molar-refractivity contribution < 1.29 is 0 Å². The van der Waals surface area contributed by atoms with Crippen LogP contribution in [0, 0.1) is 5.92 Å². The Morgan fingerprint density at radius 1 is 1.24 bits per heavy atom. The predicted molar refractivity (Wildman–Crippen MR) is 76.4 cm³/mol. The van der Waals surface area contributed by atoms with E-state index in [1.54, 1.807) is 0 Å². The highest BCUT2D eigenvalue weighted by atomic mass is 15.2. The van der Waals surface area contributed by atoms with Crippen molar-refractivity contribution in [3.63, 3.8) is 0 Å². The molecule has 1 aliphatic rings. The molecular formula is C15H32N2. The number of nitrogens with zero attached hydrogens (tertiary/aromatic N) is 1. The van der Waals surface area contributed by atoms with E-state index in [4.69, 9.17) is 0 Å². The zero-order valence-corrected chi connectivity index (χ0v) is 12.2. The Hall–Kier alpha value is -0.0800. The summed E-state index contributed by atoms with van der Waals surface area (Å²) in [6.07, 6.45) is 8.09. The highest BCUT2D eigenvalue weighted by Gasteiger charge is 2.20. The topological polar surface area (TPSA) is 15.3 Å². The summed E-state index contributed by atoms with van der Waals surface area (Å²) in [7, 11) is 0. The summed E-state index contributed by atoms with van der Waals surface area (Å²) in [5.41, 5.74) is 0. The Morgan fingerprint density at radius 2 is 2.06 bits per heavy atom. The largest absolute Gasteiger partial charge is 0.313 e. The summed E-state index contributed by atoms with van der Waals surface area (Å²) < 4.78 is 0. The van der Waals surface area contributed by atoms with Crippen molar-refractivity contribution in [1.82, 2.24) is 10.2 Å². The quantitative estimate of drug-likeness (QED) is 0.700. The summed E-state index contributed by atoms with van der Waals surface area (Å²) in [4.78, 5) is 2.70. The Bertz CT molecular complexity index is 180. The molecule has 1 aliphatic heterocycles. The summed E-state index contributed by atoms with van der Waals surface area (Å²) in [5.74, 6) is 0.956. The zero-order chi connectivity index (χ0) is 12.5. The SMILES string of the molecule is CCCNC(CCC)CN1CCCC(CC)C1. The molecule has 2 unspecified atom stereocenters. The van der Waals surface area contributed by atoms with Gasteiger partial charge in [0, 0.05) is 19.1 Å². The minimum absolute atomic E-state index is 0.718. The first kappa shape index (κ1) is 15.0. The third-order valence-electron chi connectivity index (χ3n) is 3.98. The van der Waals surface area contributed by atoms with E-state index in [1.807, 2.05) is 0 Å². The van der Waals surface area contributed by atoms with Gasteiger partial charge >= 0.3 is 0 Å². The summed E-state index contributed by atoms with van der Waals surface area (Å²) >= 11 is 0. The van der Waals surface area contributed by atoms with Gasteiger partial charge in [-0.1, -0.05) is 33.6 Å². The lowest BCUT2D eigenvalue weighted by atomic mass is 9.95. The average molecular weight is 240 g/mol. The third kappa shape index (κ3) is 5.87. The molecule has 0 bridgehead atoms. The molecule has 0 aliphatic carbocycles. The molecule has 0 amide bonds. The van der Waals surface area contributed by atoms with Crippen LogP contribution in [0.1, 0.15) is 59.3 Å². The van der Waals surface area contributed by atoms with Gasteiger partial charge in [0.1, 0.15) is 0 Å². The zero-order valence-electron chi connectivity index (χ0n) is 12.2. The van der Waals surface area contributed by atoms with E-state index >= 15 is 0 Å². The lowest BCUT2D eigenvalue weighted by Gasteiger charge is -2.35. The van der Waals surface area contributed by atoms with E-state index in [9.17, 15) is 0 Å². The molecule has 2 heteroatoms. The van der Waals surface area contributed by atoms with Gasteiger partial charge in [-0.05, 0) is 44.7 Å². The highest BCUT2D eigenvalue weighted by Crippen LogP contribution is 2.19. The van der Waals surface area contributed by atoms with Crippen molar-refractivity contribution in [2.45, 2.75) is 65.3 Å². The minimum atomic E-state index is 0.718. The lowest BCUT2D eigenvalue weighted by molar-refractivity contribution is 0.154. The van der Waals surface area contributed by atoms with E-state index in [1.165, 1.54) is 64.7 Å². The van der Waals surface area contributed by atoms with E-state index in [2.05, 4.69) is 31.0 Å². The van der Waals surface area contributed by atoms with E-state index in [0.29, 0.717) is 0 Å². The monoisotopic (exact) mass is 240 g/mol. The maximum Gasteiger partial charge on any atom is 0.0194 e. The average Bonchev–Trinajstić information content (AvgIpc) is 2.36. The third-order valence-corrected chi connectivity index (χ3v) is 3.98. The molecule has 0 saturated carbocycles. The lowest BCUT2D eigenvalue weighted by Crippen LogP contribution is -2.45. The Balaban J connectivity index is 2.31. The van der Waals surface area contributed by atoms with Gasteiger partial charge in [-0.3, -0.25) is 0 Å². The molecule has 1 rings (SSSR count). The number of hydrogen-bond donors (Lipinski definition) is 1. The molecule has 0 aromatic rings. The maximum absolute atomic E-state index is 3.71. The van der Waals surface area contributed by atoms with Crippen LogP contribution in [0.2, 0.25) is 0 Å². The number of hydrogen-bond acceptors (Lipinski definition) is 2. The molecule has 1 N–H and O–H groups in total. The molecule has 1 saturated heterocycles. The van der Waals surface area contributed by atoms with E-state index < -0.39 is 0 Å². The first-order valence-electron chi connectivity index (χ1n) is 7.75. The summed E-state index contributed by atoms with van der Waals surface area (Å²) in [6.45, 7) is 12.0. The van der Waals surface area contributed by atoms with Crippen molar-refractivity contribution >= 4 is 0 Å². The molecule has 0 radical (unpaired) electrons. The maximum atomic E-state index is 3.71. The second-order valence-corrected chi connectivity index (χ2v) is 5.62. The van der Waals surface area contributed by atoms with Crippen molar-refractivity contribution in [1.29, 1.82) is 0 Å². The summed E-state index contributed by atoms with van der Waals surface area (Å²) in [5, 5.41) is 3.71. The number of likely N-dealkylation sites (tertiary alicyclic amines) is 1. The van der Waals surface area contributed by atoms with Crippen molar-refractivity contribution in [2.75, 3.05) is 26.2 Å². The normalized spacial score (nSPS) is 23.8. The standard InChI is InChI=1S/C15H32N2/c1-4-8-15(16-10-5-2)13-17-11-7-9-14(6-3)12-17/h14-16H,4-13H2,1-3H3. The highest BCUT2D eigenvalue weighted by molar-refractivity contribution is 4.77. The van der Waals surface area contributed by atoms with Gasteiger partial charge in [0.25, 0.3) is 0 Å². The van der Waals surface area contributed by atoms with Crippen molar-refractivity contribution in [3.8, 4) is 0 Å². The first-order chi connectivity index (χ1) is 8.30. The number of piperidine rings is 1. The minimum Gasteiger partial charge on any atom is -0.313 e. The molecule has 0 aromatic heterocycles. The number of nitrogens with one attached hydrogen (secondary N) is 1. The first-order valence-corrected chi connectivity index (χ1v) is 7.75. The number of rotatable bonds is 8. The molecule has 1 heterocycles. The molecule has 17 heavy (non-hydrogen) atoms. The van der Waals surface area contributed by atoms with Crippen LogP contribution in [0.5, 0.6) is 0 Å². The molecular weight excluding hydrogens is 208 g/mol. The van der Waals surface area contributed by atoms with Crippen molar-refractivity contribution in [2.24, 2.45) is 5.92 Å². The van der Waals surface area contributed by atoms with Gasteiger partial charge in [-0.25, -0.2) is 0 Å². The van der Waals surface area contributed by atoms with Crippen molar-refractivity contribution in [3.05, 3.63) is 0 Å². The Labute approximate surface area is 108 Å². The Kier molecular flexibility index (Phi) is 7.87. The summed E-state index contributed by atoms with van der Waals surface area (Å²) in [6, 6.07) is 0.718. The van der Waals surface area contributed by atoms with Crippen LogP contribution in [-0.2, 0) is 0 Å². The fourth-order valence-corrected chi connectivity index (χ4v) is 2.92. The molecule has 102 valence electrons. The van der Waals surface area contributed by atoms with Crippen LogP contribution in [0.15, 0.2) is 0 Å². The smallest absolute Gasteiger partial charge is 0.0194 e. The van der Waals surface area contributed by atoms with Crippen LogP contribution in [0.4, 0.5) is 0 Å². The van der Waals surface area contributed by atoms with Gasteiger partial charge in [-0.2, -0.15) is 0 Å². The van der Waals surface area contributed by atoms with Gasteiger partial charge in [0.05, 0.1) is 0 Å². The van der Waals surface area contributed by atoms with Gasteiger partial charge < -0.3 is 10.2 Å². The van der Waals surface area contributed by atoms with E-state index in [-0.39, 0.29) is 0 Å². The molecule has 2 atom stereocenters. The fraction of sp³-hybridized carbons (Fsp3) is 1.00. The van der Waals surface area contributed by atoms with Gasteiger partial charge in [-0.15, -0.1) is 0 Å². The van der Waals surface area contributed by atoms with Crippen LogP contribution in [0.3, 0.4) is 0 Å². The van der Waals surface area contributed by atoms with E-state index in [0.717, 1.165) is 12.0 Å². The predicted octanol–water partition coefficient (Wildman–Crippen LogP) is 3.28. The van der Waals surface area contributed by atoms with Crippen LogP contribution < -0.4 is 5.32 Å². The second kappa shape index (κ2) is 8.93. The molecule has 1 fully saturated rings. The molecule has 0 spiro atoms. The molecule has 2 nitrogen and oxygen atoms in total. The fourth-order valence-electron chi connectivity index (χ4n) is 2.92. The van der Waals surface area contributed by atoms with Gasteiger partial charge in [0.15, 0.2) is 0 Å². The van der Waals surface area contributed by atoms with Crippen LogP contribution in [0.25, 0.3) is 0 Å². The molecule has 0 aromatic carbocycles. The van der Waals surface area contributed by atoms with Gasteiger partial charge in [0.2, 0.25) is 0 Å².